The predicted molar refractivity (Wildman–Crippen MR) is 90.4 cm³/mol. The van der Waals surface area contributed by atoms with E-state index in [0.29, 0.717) is 38.3 Å². The Kier molecular flexibility index (Phi) is 7.24. The monoisotopic (exact) mass is 339 g/mol. The van der Waals surface area contributed by atoms with Crippen molar-refractivity contribution in [2.45, 2.75) is 38.8 Å². The normalized spacial score (nSPS) is 27.6. The van der Waals surface area contributed by atoms with Gasteiger partial charge in [0.1, 0.15) is 11.8 Å². The molecule has 4 atom stereocenters. The SMILES string of the molecule is C#CCCc1nnc(N[C@H]2CO[C@H](COCOC)[C@H](C)[C@@H]2C)s1. The fourth-order valence-electron chi connectivity index (χ4n) is 2.61. The third-order valence-corrected chi connectivity index (χ3v) is 5.20. The van der Waals surface area contributed by atoms with Crippen molar-refractivity contribution in [1.82, 2.24) is 10.2 Å². The molecule has 0 unspecified atom stereocenters. The molecule has 1 N–H and O–H groups in total. The highest BCUT2D eigenvalue weighted by atomic mass is 32.1. The van der Waals surface area contributed by atoms with E-state index < -0.39 is 0 Å². The molecular formula is C16H25N3O3S. The van der Waals surface area contributed by atoms with Gasteiger partial charge in [-0.3, -0.25) is 0 Å². The Morgan fingerprint density at radius 2 is 2.22 bits per heavy atom. The quantitative estimate of drug-likeness (QED) is 0.445. The first-order valence-electron chi connectivity index (χ1n) is 7.86. The van der Waals surface area contributed by atoms with E-state index in [1.165, 1.54) is 0 Å². The molecule has 6 nitrogen and oxygen atoms in total. The van der Waals surface area contributed by atoms with Gasteiger partial charge in [-0.05, 0) is 11.8 Å². The van der Waals surface area contributed by atoms with Crippen LogP contribution in [0.1, 0.15) is 25.3 Å². The molecule has 1 aromatic heterocycles. The Morgan fingerprint density at radius 1 is 1.39 bits per heavy atom. The highest BCUT2D eigenvalue weighted by Gasteiger charge is 2.35. The van der Waals surface area contributed by atoms with Crippen LogP contribution >= 0.6 is 11.3 Å². The summed E-state index contributed by atoms with van der Waals surface area (Å²) >= 11 is 1.56. The molecule has 1 fully saturated rings. The molecule has 7 heteroatoms. The zero-order valence-corrected chi connectivity index (χ0v) is 14.8. The van der Waals surface area contributed by atoms with Gasteiger partial charge in [0.25, 0.3) is 0 Å². The molecule has 128 valence electrons. The minimum absolute atomic E-state index is 0.0961. The number of anilines is 1. The van der Waals surface area contributed by atoms with Gasteiger partial charge in [0, 0.05) is 20.0 Å². The molecule has 2 heterocycles. The van der Waals surface area contributed by atoms with Gasteiger partial charge in [0.2, 0.25) is 5.13 Å². The first-order valence-corrected chi connectivity index (χ1v) is 8.68. The molecule has 1 aliphatic rings. The van der Waals surface area contributed by atoms with Gasteiger partial charge in [-0.2, -0.15) is 0 Å². The molecule has 1 aliphatic heterocycles. The Morgan fingerprint density at radius 3 is 2.96 bits per heavy atom. The lowest BCUT2D eigenvalue weighted by atomic mass is 9.83. The van der Waals surface area contributed by atoms with Crippen LogP contribution in [-0.2, 0) is 20.6 Å². The number of terminal acetylenes is 1. The average molecular weight is 339 g/mol. The fourth-order valence-corrected chi connectivity index (χ4v) is 3.41. The van der Waals surface area contributed by atoms with Crippen molar-refractivity contribution in [1.29, 1.82) is 0 Å². The van der Waals surface area contributed by atoms with Crippen LogP contribution in [0.2, 0.25) is 0 Å². The number of methoxy groups -OCH3 is 1. The van der Waals surface area contributed by atoms with E-state index in [9.17, 15) is 0 Å². The van der Waals surface area contributed by atoms with E-state index in [1.807, 2.05) is 0 Å². The minimum Gasteiger partial charge on any atom is -0.373 e. The summed E-state index contributed by atoms with van der Waals surface area (Å²) in [6, 6.07) is 0.220. The number of ether oxygens (including phenoxy) is 3. The maximum absolute atomic E-state index is 5.95. The number of rotatable bonds is 8. The van der Waals surface area contributed by atoms with Crippen LogP contribution in [0.3, 0.4) is 0 Å². The second-order valence-electron chi connectivity index (χ2n) is 5.82. The van der Waals surface area contributed by atoms with Gasteiger partial charge in [0.15, 0.2) is 0 Å². The van der Waals surface area contributed by atoms with Crippen LogP contribution in [0.15, 0.2) is 0 Å². The lowest BCUT2D eigenvalue weighted by Crippen LogP contribution is -2.48. The molecule has 1 saturated heterocycles. The third kappa shape index (κ3) is 5.15. The summed E-state index contributed by atoms with van der Waals surface area (Å²) in [5.74, 6) is 3.45. The summed E-state index contributed by atoms with van der Waals surface area (Å²) in [4.78, 5) is 0. The van der Waals surface area contributed by atoms with Crippen LogP contribution in [-0.4, -0.2) is 49.5 Å². The molecule has 0 bridgehead atoms. The van der Waals surface area contributed by atoms with E-state index in [2.05, 4.69) is 35.3 Å². The van der Waals surface area contributed by atoms with Crippen molar-refractivity contribution < 1.29 is 14.2 Å². The molecule has 0 radical (unpaired) electrons. The summed E-state index contributed by atoms with van der Waals surface area (Å²) in [7, 11) is 1.62. The van der Waals surface area contributed by atoms with Crippen LogP contribution in [0.5, 0.6) is 0 Å². The van der Waals surface area contributed by atoms with Crippen LogP contribution < -0.4 is 5.32 Å². The lowest BCUT2D eigenvalue weighted by molar-refractivity contribution is -0.121. The van der Waals surface area contributed by atoms with Crippen molar-refractivity contribution >= 4 is 16.5 Å². The summed E-state index contributed by atoms with van der Waals surface area (Å²) < 4.78 is 16.3. The van der Waals surface area contributed by atoms with E-state index in [1.54, 1.807) is 18.4 Å². The molecule has 1 aromatic rings. The summed E-state index contributed by atoms with van der Waals surface area (Å²) in [6.07, 6.45) is 6.85. The third-order valence-electron chi connectivity index (χ3n) is 4.28. The van der Waals surface area contributed by atoms with E-state index in [-0.39, 0.29) is 12.1 Å². The van der Waals surface area contributed by atoms with E-state index in [4.69, 9.17) is 20.6 Å². The van der Waals surface area contributed by atoms with E-state index >= 15 is 0 Å². The molecule has 0 amide bonds. The standard InChI is InChI=1S/C16H25N3O3S/c1-5-6-7-15-18-19-16(23-15)17-13-8-22-14(9-21-10-20-4)12(3)11(13)2/h1,11-14H,6-10H2,2-4H3,(H,17,19)/t11-,12+,13-,14+/m0/s1. The number of nitrogens with one attached hydrogen (secondary N) is 1. The van der Waals surface area contributed by atoms with Crippen LogP contribution in [0.25, 0.3) is 0 Å². The number of hydrogen-bond donors (Lipinski definition) is 1. The first-order chi connectivity index (χ1) is 11.2. The van der Waals surface area contributed by atoms with Crippen molar-refractivity contribution in [3.63, 3.8) is 0 Å². The second kappa shape index (κ2) is 9.18. The number of aryl methyl sites for hydroxylation is 1. The topological polar surface area (TPSA) is 65.5 Å². The smallest absolute Gasteiger partial charge is 0.205 e. The predicted octanol–water partition coefficient (Wildman–Crippen LogP) is 2.18. The molecular weight excluding hydrogens is 314 g/mol. The van der Waals surface area contributed by atoms with Crippen LogP contribution in [0, 0.1) is 24.2 Å². The molecule has 0 spiro atoms. The van der Waals surface area contributed by atoms with Gasteiger partial charge in [-0.15, -0.1) is 22.5 Å². The highest BCUT2D eigenvalue weighted by Crippen LogP contribution is 2.30. The number of hydrogen-bond acceptors (Lipinski definition) is 7. The lowest BCUT2D eigenvalue weighted by Gasteiger charge is -2.39. The maximum Gasteiger partial charge on any atom is 0.205 e. The highest BCUT2D eigenvalue weighted by molar-refractivity contribution is 7.15. The Balaban J connectivity index is 1.85. The average Bonchev–Trinajstić information content (AvgIpc) is 3.00. The Labute approximate surface area is 141 Å². The van der Waals surface area contributed by atoms with Crippen molar-refractivity contribution in [2.75, 3.05) is 32.4 Å². The van der Waals surface area contributed by atoms with Crippen LogP contribution in [0.4, 0.5) is 5.13 Å². The van der Waals surface area contributed by atoms with Gasteiger partial charge in [0.05, 0.1) is 25.4 Å². The van der Waals surface area contributed by atoms with Gasteiger partial charge >= 0.3 is 0 Å². The second-order valence-corrected chi connectivity index (χ2v) is 6.89. The van der Waals surface area contributed by atoms with Crippen molar-refractivity contribution in [2.24, 2.45) is 11.8 Å². The van der Waals surface area contributed by atoms with Gasteiger partial charge < -0.3 is 19.5 Å². The fraction of sp³-hybridized carbons (Fsp3) is 0.750. The zero-order valence-electron chi connectivity index (χ0n) is 13.9. The summed E-state index contributed by atoms with van der Waals surface area (Å²) in [5, 5.41) is 13.6. The maximum atomic E-state index is 5.95. The van der Waals surface area contributed by atoms with E-state index in [0.717, 1.165) is 16.6 Å². The van der Waals surface area contributed by atoms with Crippen molar-refractivity contribution in [3.05, 3.63) is 5.01 Å². The summed E-state index contributed by atoms with van der Waals surface area (Å²) in [5.41, 5.74) is 0. The molecule has 0 aromatic carbocycles. The van der Waals surface area contributed by atoms with Gasteiger partial charge in [-0.1, -0.05) is 25.2 Å². The number of nitrogens with zero attached hydrogens (tertiary/aromatic N) is 2. The Bertz CT molecular complexity index is 517. The molecule has 0 aliphatic carbocycles. The molecule has 0 saturated carbocycles. The number of aromatic nitrogens is 2. The molecule has 23 heavy (non-hydrogen) atoms. The largest absolute Gasteiger partial charge is 0.373 e. The summed E-state index contributed by atoms with van der Waals surface area (Å²) in [6.45, 7) is 5.91. The zero-order chi connectivity index (χ0) is 16.7. The van der Waals surface area contributed by atoms with Gasteiger partial charge in [-0.25, -0.2) is 0 Å². The molecule has 2 rings (SSSR count). The minimum atomic E-state index is 0.0961. The Hall–Kier alpha value is -1.20. The van der Waals surface area contributed by atoms with Crippen molar-refractivity contribution in [3.8, 4) is 12.3 Å². The first kappa shape index (κ1) is 18.1.